The first-order valence-electron chi connectivity index (χ1n) is 10.9. The third-order valence-corrected chi connectivity index (χ3v) is 5.24. The summed E-state index contributed by atoms with van der Waals surface area (Å²) >= 11 is 0. The van der Waals surface area contributed by atoms with E-state index >= 15 is 0 Å². The SMILES string of the molecule is CCOc1ccc(C(=O)N(CC)CC(=O)Nc2ccc(N3CCOCC3)cc2)cc1OC. The molecule has 1 saturated heterocycles. The Bertz CT molecular complexity index is 910. The predicted octanol–water partition coefficient (Wildman–Crippen LogP) is 3.03. The number of likely N-dealkylation sites (N-methyl/N-ethyl adjacent to an activating group) is 1. The van der Waals surface area contributed by atoms with Crippen molar-refractivity contribution in [2.24, 2.45) is 0 Å². The van der Waals surface area contributed by atoms with Gasteiger partial charge >= 0.3 is 0 Å². The molecule has 32 heavy (non-hydrogen) atoms. The standard InChI is InChI=1S/C24H31N3O5/c1-4-26(24(29)18-6-11-21(32-5-2)22(16-18)30-3)17-23(28)25-19-7-9-20(10-8-19)27-12-14-31-15-13-27/h6-11,16H,4-5,12-15,17H2,1-3H3,(H,25,28). The van der Waals surface area contributed by atoms with Crippen LogP contribution < -0.4 is 19.7 Å². The summed E-state index contributed by atoms with van der Waals surface area (Å²) in [5.74, 6) is 0.565. The second-order valence-corrected chi connectivity index (χ2v) is 7.31. The highest BCUT2D eigenvalue weighted by Gasteiger charge is 2.19. The molecule has 1 N–H and O–H groups in total. The number of hydrogen-bond acceptors (Lipinski definition) is 6. The highest BCUT2D eigenvalue weighted by atomic mass is 16.5. The van der Waals surface area contributed by atoms with Crippen molar-refractivity contribution >= 4 is 23.2 Å². The Morgan fingerprint density at radius 3 is 2.41 bits per heavy atom. The van der Waals surface area contributed by atoms with Crippen LogP contribution >= 0.6 is 0 Å². The van der Waals surface area contributed by atoms with Crippen LogP contribution in [-0.4, -0.2) is 69.8 Å². The van der Waals surface area contributed by atoms with E-state index in [1.165, 1.54) is 12.0 Å². The second-order valence-electron chi connectivity index (χ2n) is 7.31. The van der Waals surface area contributed by atoms with Crippen LogP contribution in [0.25, 0.3) is 0 Å². The lowest BCUT2D eigenvalue weighted by molar-refractivity contribution is -0.116. The summed E-state index contributed by atoms with van der Waals surface area (Å²) in [5, 5.41) is 2.87. The van der Waals surface area contributed by atoms with Crippen molar-refractivity contribution in [1.29, 1.82) is 0 Å². The molecule has 0 atom stereocenters. The van der Waals surface area contributed by atoms with Crippen LogP contribution in [0.1, 0.15) is 24.2 Å². The molecule has 0 radical (unpaired) electrons. The van der Waals surface area contributed by atoms with Gasteiger partial charge in [-0.3, -0.25) is 9.59 Å². The van der Waals surface area contributed by atoms with Gasteiger partial charge in [-0.15, -0.1) is 0 Å². The van der Waals surface area contributed by atoms with Crippen molar-refractivity contribution in [2.45, 2.75) is 13.8 Å². The molecule has 1 aliphatic heterocycles. The second kappa shape index (κ2) is 11.4. The highest BCUT2D eigenvalue weighted by Crippen LogP contribution is 2.28. The Hall–Kier alpha value is -3.26. The predicted molar refractivity (Wildman–Crippen MR) is 124 cm³/mol. The first-order chi connectivity index (χ1) is 15.5. The van der Waals surface area contributed by atoms with E-state index < -0.39 is 0 Å². The van der Waals surface area contributed by atoms with Gasteiger partial charge in [0.1, 0.15) is 6.54 Å². The van der Waals surface area contributed by atoms with Crippen molar-refractivity contribution in [2.75, 3.05) is 63.3 Å². The summed E-state index contributed by atoms with van der Waals surface area (Å²) in [4.78, 5) is 29.3. The third-order valence-electron chi connectivity index (χ3n) is 5.24. The lowest BCUT2D eigenvalue weighted by atomic mass is 10.1. The third kappa shape index (κ3) is 5.91. The van der Waals surface area contributed by atoms with Gasteiger partial charge in [-0.2, -0.15) is 0 Å². The number of rotatable bonds is 9. The van der Waals surface area contributed by atoms with Crippen LogP contribution in [0.2, 0.25) is 0 Å². The Balaban J connectivity index is 1.61. The largest absolute Gasteiger partial charge is 0.493 e. The van der Waals surface area contributed by atoms with Crippen molar-refractivity contribution < 1.29 is 23.8 Å². The van der Waals surface area contributed by atoms with Crippen molar-refractivity contribution in [3.63, 3.8) is 0 Å². The number of nitrogens with zero attached hydrogens (tertiary/aromatic N) is 2. The molecule has 0 spiro atoms. The van der Waals surface area contributed by atoms with E-state index in [2.05, 4.69) is 10.2 Å². The van der Waals surface area contributed by atoms with Gasteiger partial charge in [-0.05, 0) is 56.3 Å². The summed E-state index contributed by atoms with van der Waals surface area (Å²) < 4.78 is 16.2. The van der Waals surface area contributed by atoms with Gasteiger partial charge in [-0.25, -0.2) is 0 Å². The molecule has 2 aromatic rings. The smallest absolute Gasteiger partial charge is 0.254 e. The fourth-order valence-electron chi connectivity index (χ4n) is 3.54. The molecule has 3 rings (SSSR count). The van der Waals surface area contributed by atoms with Crippen LogP contribution in [0.15, 0.2) is 42.5 Å². The van der Waals surface area contributed by atoms with Gasteiger partial charge < -0.3 is 29.3 Å². The maximum absolute atomic E-state index is 13.0. The molecule has 8 heteroatoms. The summed E-state index contributed by atoms with van der Waals surface area (Å²) in [6, 6.07) is 12.7. The van der Waals surface area contributed by atoms with Crippen LogP contribution in [0.4, 0.5) is 11.4 Å². The number of amides is 2. The highest BCUT2D eigenvalue weighted by molar-refractivity contribution is 5.99. The Kier molecular flexibility index (Phi) is 8.33. The molecule has 172 valence electrons. The molecule has 2 amide bonds. The first kappa shape index (κ1) is 23.4. The number of methoxy groups -OCH3 is 1. The zero-order valence-electron chi connectivity index (χ0n) is 18.9. The van der Waals surface area contributed by atoms with Crippen LogP contribution in [-0.2, 0) is 9.53 Å². The van der Waals surface area contributed by atoms with E-state index in [1.807, 2.05) is 38.1 Å². The topological polar surface area (TPSA) is 80.3 Å². The van der Waals surface area contributed by atoms with Crippen molar-refractivity contribution in [3.05, 3.63) is 48.0 Å². The normalized spacial score (nSPS) is 13.4. The van der Waals surface area contributed by atoms with E-state index in [-0.39, 0.29) is 18.4 Å². The van der Waals surface area contributed by atoms with Gasteiger partial charge in [0.2, 0.25) is 5.91 Å². The Morgan fingerprint density at radius 2 is 1.78 bits per heavy atom. The number of morpholine rings is 1. The molecule has 1 fully saturated rings. The molecule has 8 nitrogen and oxygen atoms in total. The number of ether oxygens (including phenoxy) is 3. The van der Waals surface area contributed by atoms with E-state index in [4.69, 9.17) is 14.2 Å². The zero-order chi connectivity index (χ0) is 22.9. The summed E-state index contributed by atoms with van der Waals surface area (Å²) in [5.41, 5.74) is 2.23. The number of benzene rings is 2. The molecule has 0 unspecified atom stereocenters. The number of nitrogens with one attached hydrogen (secondary N) is 1. The van der Waals surface area contributed by atoms with E-state index in [0.29, 0.717) is 35.9 Å². The molecular weight excluding hydrogens is 410 g/mol. The number of hydrogen-bond donors (Lipinski definition) is 1. The lowest BCUT2D eigenvalue weighted by Crippen LogP contribution is -2.38. The molecule has 2 aromatic carbocycles. The van der Waals surface area contributed by atoms with Crippen molar-refractivity contribution in [3.8, 4) is 11.5 Å². The minimum Gasteiger partial charge on any atom is -0.493 e. The summed E-state index contributed by atoms with van der Waals surface area (Å²) in [6.07, 6.45) is 0. The fraction of sp³-hybridized carbons (Fsp3) is 0.417. The summed E-state index contributed by atoms with van der Waals surface area (Å²) in [7, 11) is 1.53. The van der Waals surface area contributed by atoms with Gasteiger partial charge in [0.15, 0.2) is 11.5 Å². The number of carbonyl (C=O) groups is 2. The maximum Gasteiger partial charge on any atom is 0.254 e. The van der Waals surface area contributed by atoms with Crippen molar-refractivity contribution in [1.82, 2.24) is 4.90 Å². The van der Waals surface area contributed by atoms with Crippen LogP contribution in [0.5, 0.6) is 11.5 Å². The maximum atomic E-state index is 13.0. The first-order valence-corrected chi connectivity index (χ1v) is 10.9. The van der Waals surface area contributed by atoms with Gasteiger partial charge in [0, 0.05) is 36.6 Å². The molecule has 0 aliphatic carbocycles. The molecular formula is C24H31N3O5. The lowest BCUT2D eigenvalue weighted by Gasteiger charge is -2.29. The monoisotopic (exact) mass is 441 g/mol. The number of anilines is 2. The quantitative estimate of drug-likeness (QED) is 0.644. The van der Waals surface area contributed by atoms with E-state index in [9.17, 15) is 9.59 Å². The Labute approximate surface area is 189 Å². The molecule has 1 aliphatic rings. The minimum absolute atomic E-state index is 0.0456. The average molecular weight is 442 g/mol. The molecule has 0 saturated carbocycles. The van der Waals surface area contributed by atoms with Gasteiger partial charge in [0.05, 0.1) is 26.9 Å². The van der Waals surface area contributed by atoms with Crippen LogP contribution in [0, 0.1) is 0 Å². The van der Waals surface area contributed by atoms with Gasteiger partial charge in [0.25, 0.3) is 5.91 Å². The molecule has 0 bridgehead atoms. The van der Waals surface area contributed by atoms with E-state index in [1.54, 1.807) is 18.2 Å². The average Bonchev–Trinajstić information content (AvgIpc) is 2.83. The Morgan fingerprint density at radius 1 is 1.06 bits per heavy atom. The van der Waals surface area contributed by atoms with Crippen LogP contribution in [0.3, 0.4) is 0 Å². The number of carbonyl (C=O) groups excluding carboxylic acids is 2. The fourth-order valence-corrected chi connectivity index (χ4v) is 3.54. The van der Waals surface area contributed by atoms with E-state index in [0.717, 1.165) is 32.0 Å². The molecule has 0 aromatic heterocycles. The molecule has 1 heterocycles. The van der Waals surface area contributed by atoms with Gasteiger partial charge in [-0.1, -0.05) is 0 Å². The summed E-state index contributed by atoms with van der Waals surface area (Å²) in [6.45, 7) is 7.73. The zero-order valence-corrected chi connectivity index (χ0v) is 18.9. The minimum atomic E-state index is -0.253.